The first-order valence-electron chi connectivity index (χ1n) is 11.8. The molecule has 0 bridgehead atoms. The second kappa shape index (κ2) is 12.3. The van der Waals surface area contributed by atoms with Crippen molar-refractivity contribution in [1.82, 2.24) is 10.2 Å². The molecule has 1 atom stereocenters. The van der Waals surface area contributed by atoms with Crippen LogP contribution >= 0.6 is 0 Å². The van der Waals surface area contributed by atoms with Gasteiger partial charge in [-0.3, -0.25) is 24.0 Å². The zero-order chi connectivity index (χ0) is 27.9. The van der Waals surface area contributed by atoms with Crippen LogP contribution in [0.15, 0.2) is 78.9 Å². The first kappa shape index (κ1) is 28.3. The highest BCUT2D eigenvalue weighted by molar-refractivity contribution is 7.92. The second-order valence-corrected chi connectivity index (χ2v) is 10.7. The van der Waals surface area contributed by atoms with Crippen LogP contribution in [0.3, 0.4) is 0 Å². The highest BCUT2D eigenvalue weighted by Gasteiger charge is 2.33. The number of amides is 2. The molecule has 0 aliphatic heterocycles. The van der Waals surface area contributed by atoms with Crippen LogP contribution < -0.4 is 9.62 Å². The third kappa shape index (κ3) is 7.16. The number of nitro benzene ring substituents is 1. The van der Waals surface area contributed by atoms with Gasteiger partial charge in [-0.2, -0.15) is 0 Å². The van der Waals surface area contributed by atoms with Gasteiger partial charge in [0.2, 0.25) is 21.8 Å². The van der Waals surface area contributed by atoms with E-state index >= 15 is 0 Å². The zero-order valence-corrected chi connectivity index (χ0v) is 22.2. The first-order valence-corrected chi connectivity index (χ1v) is 13.7. The lowest BCUT2D eigenvalue weighted by Gasteiger charge is -2.33. The number of rotatable bonds is 11. The van der Waals surface area contributed by atoms with E-state index in [1.165, 1.54) is 30.1 Å². The summed E-state index contributed by atoms with van der Waals surface area (Å²) < 4.78 is 26.3. The zero-order valence-electron chi connectivity index (χ0n) is 21.4. The summed E-state index contributed by atoms with van der Waals surface area (Å²) in [4.78, 5) is 39.0. The Labute approximate surface area is 222 Å². The Morgan fingerprint density at radius 1 is 1.00 bits per heavy atom. The van der Waals surface area contributed by atoms with Crippen molar-refractivity contribution in [1.29, 1.82) is 0 Å². The molecule has 0 heterocycles. The molecule has 0 aliphatic rings. The van der Waals surface area contributed by atoms with Crippen molar-refractivity contribution in [3.05, 3.63) is 106 Å². The van der Waals surface area contributed by atoms with E-state index < -0.39 is 39.3 Å². The summed E-state index contributed by atoms with van der Waals surface area (Å²) in [6.45, 7) is 1.30. The molecule has 11 heteroatoms. The van der Waals surface area contributed by atoms with Crippen molar-refractivity contribution in [3.63, 3.8) is 0 Å². The van der Waals surface area contributed by atoms with Gasteiger partial charge in [-0.15, -0.1) is 0 Å². The Morgan fingerprint density at radius 3 is 2.26 bits per heavy atom. The van der Waals surface area contributed by atoms with Crippen molar-refractivity contribution in [3.8, 4) is 0 Å². The third-order valence-electron chi connectivity index (χ3n) is 6.13. The number of carbonyl (C=O) groups is 2. The van der Waals surface area contributed by atoms with E-state index in [1.54, 1.807) is 0 Å². The van der Waals surface area contributed by atoms with Crippen molar-refractivity contribution in [2.45, 2.75) is 25.9 Å². The van der Waals surface area contributed by atoms with Crippen molar-refractivity contribution >= 4 is 33.2 Å². The fourth-order valence-corrected chi connectivity index (χ4v) is 4.91. The lowest BCUT2D eigenvalue weighted by molar-refractivity contribution is -0.384. The molecule has 200 valence electrons. The fourth-order valence-electron chi connectivity index (χ4n) is 4.07. The molecule has 0 saturated heterocycles. The maximum absolute atomic E-state index is 13.9. The molecule has 3 aromatic carbocycles. The number of hydrogen-bond donors (Lipinski definition) is 1. The molecule has 2 amide bonds. The number of aryl methyl sites for hydroxylation is 1. The monoisotopic (exact) mass is 538 g/mol. The highest BCUT2D eigenvalue weighted by atomic mass is 32.2. The van der Waals surface area contributed by atoms with Gasteiger partial charge in [0.05, 0.1) is 16.9 Å². The normalized spacial score (nSPS) is 11.9. The Morgan fingerprint density at radius 2 is 1.66 bits per heavy atom. The molecule has 1 N–H and O–H groups in total. The quantitative estimate of drug-likeness (QED) is 0.295. The third-order valence-corrected chi connectivity index (χ3v) is 7.27. The van der Waals surface area contributed by atoms with Gasteiger partial charge in [0.1, 0.15) is 12.6 Å². The molecule has 0 radical (unpaired) electrons. The molecule has 0 aliphatic carbocycles. The summed E-state index contributed by atoms with van der Waals surface area (Å²) in [7, 11) is -2.54. The van der Waals surface area contributed by atoms with Crippen molar-refractivity contribution in [2.24, 2.45) is 0 Å². The summed E-state index contributed by atoms with van der Waals surface area (Å²) in [5.41, 5.74) is 2.18. The van der Waals surface area contributed by atoms with Crippen LogP contribution in [-0.2, 0) is 32.6 Å². The highest BCUT2D eigenvalue weighted by Crippen LogP contribution is 2.24. The van der Waals surface area contributed by atoms with E-state index in [1.807, 2.05) is 61.5 Å². The van der Waals surface area contributed by atoms with Crippen LogP contribution in [0.5, 0.6) is 0 Å². The smallest absolute Gasteiger partial charge is 0.271 e. The molecule has 3 aromatic rings. The Kier molecular flexibility index (Phi) is 9.19. The minimum Gasteiger partial charge on any atom is -0.357 e. The van der Waals surface area contributed by atoms with E-state index in [4.69, 9.17) is 0 Å². The SMILES string of the molecule is CNC(=O)[C@H](Cc1ccccc1)N(Cc1ccccc1C)C(=O)CN(c1cccc([N+](=O)[O-])c1)S(C)(=O)=O. The molecule has 0 saturated carbocycles. The summed E-state index contributed by atoms with van der Waals surface area (Å²) in [5, 5.41) is 13.9. The van der Waals surface area contributed by atoms with Crippen LogP contribution in [-0.4, -0.2) is 55.9 Å². The minimum atomic E-state index is -4.02. The largest absolute Gasteiger partial charge is 0.357 e. The molecule has 0 spiro atoms. The average molecular weight is 539 g/mol. The predicted molar refractivity (Wildman–Crippen MR) is 145 cm³/mol. The maximum Gasteiger partial charge on any atom is 0.271 e. The molecule has 0 aromatic heterocycles. The second-order valence-electron chi connectivity index (χ2n) is 8.81. The van der Waals surface area contributed by atoms with E-state index in [0.717, 1.165) is 33.3 Å². The summed E-state index contributed by atoms with van der Waals surface area (Å²) in [6, 6.07) is 20.7. The summed E-state index contributed by atoms with van der Waals surface area (Å²) >= 11 is 0. The van der Waals surface area contributed by atoms with Gasteiger partial charge in [0.15, 0.2) is 0 Å². The van der Waals surface area contributed by atoms with Crippen LogP contribution in [0, 0.1) is 17.0 Å². The van der Waals surface area contributed by atoms with E-state index in [2.05, 4.69) is 5.32 Å². The number of nitro groups is 1. The topological polar surface area (TPSA) is 130 Å². The molecule has 0 fully saturated rings. The van der Waals surface area contributed by atoms with Crippen LogP contribution in [0.2, 0.25) is 0 Å². The van der Waals surface area contributed by atoms with Gasteiger partial charge >= 0.3 is 0 Å². The lowest BCUT2D eigenvalue weighted by atomic mass is 10.0. The van der Waals surface area contributed by atoms with E-state index in [0.29, 0.717) is 0 Å². The fraction of sp³-hybridized carbons (Fsp3) is 0.259. The number of hydrogen-bond acceptors (Lipinski definition) is 6. The molecule has 10 nitrogen and oxygen atoms in total. The molecule has 0 unspecified atom stereocenters. The van der Waals surface area contributed by atoms with Gasteiger partial charge in [-0.25, -0.2) is 8.42 Å². The van der Waals surface area contributed by atoms with Crippen molar-refractivity contribution in [2.75, 3.05) is 24.2 Å². The van der Waals surface area contributed by atoms with Gasteiger partial charge in [-0.1, -0.05) is 60.7 Å². The Hall–Kier alpha value is -4.25. The number of carbonyl (C=O) groups excluding carboxylic acids is 2. The number of nitrogens with zero attached hydrogens (tertiary/aromatic N) is 3. The Bertz CT molecular complexity index is 1410. The van der Waals surface area contributed by atoms with Gasteiger partial charge in [-0.05, 0) is 29.7 Å². The van der Waals surface area contributed by atoms with Crippen LogP contribution in [0.4, 0.5) is 11.4 Å². The number of non-ortho nitro benzene ring substituents is 1. The lowest BCUT2D eigenvalue weighted by Crippen LogP contribution is -2.53. The number of nitrogens with one attached hydrogen (secondary N) is 1. The maximum atomic E-state index is 13.9. The Balaban J connectivity index is 2.05. The predicted octanol–water partition coefficient (Wildman–Crippen LogP) is 3.06. The molecular formula is C27H30N4O6S. The summed E-state index contributed by atoms with van der Waals surface area (Å²) in [5.74, 6) is -1.04. The molecular weight excluding hydrogens is 508 g/mol. The molecule has 38 heavy (non-hydrogen) atoms. The first-order chi connectivity index (χ1) is 18.0. The van der Waals surface area contributed by atoms with Crippen LogP contribution in [0.25, 0.3) is 0 Å². The van der Waals surface area contributed by atoms with Crippen LogP contribution in [0.1, 0.15) is 16.7 Å². The number of sulfonamides is 1. The van der Waals surface area contributed by atoms with Gasteiger partial charge < -0.3 is 10.2 Å². The number of anilines is 1. The minimum absolute atomic E-state index is 0.0227. The average Bonchev–Trinajstić information content (AvgIpc) is 2.89. The van der Waals surface area contributed by atoms with E-state index in [-0.39, 0.29) is 24.3 Å². The van der Waals surface area contributed by atoms with E-state index in [9.17, 15) is 28.1 Å². The molecule has 3 rings (SSSR count). The van der Waals surface area contributed by atoms with Crippen molar-refractivity contribution < 1.29 is 22.9 Å². The van der Waals surface area contributed by atoms with Gasteiger partial charge in [0, 0.05) is 32.1 Å². The van der Waals surface area contributed by atoms with Gasteiger partial charge in [0.25, 0.3) is 5.69 Å². The summed E-state index contributed by atoms with van der Waals surface area (Å²) in [6.07, 6.45) is 1.12. The number of benzene rings is 3. The number of likely N-dealkylation sites (N-methyl/N-ethyl adjacent to an activating group) is 1. The standard InChI is InChI=1S/C27H30N4O6S/c1-20-10-7-8-13-22(20)18-29(25(27(33)28-2)16-21-11-5-4-6-12-21)26(32)19-30(38(3,36)37)23-14-9-15-24(17-23)31(34)35/h4-15,17,25H,16,18-19H2,1-3H3,(H,28,33)/t25-/m0/s1.